The fourth-order valence-electron chi connectivity index (χ4n) is 2.19. The summed E-state index contributed by atoms with van der Waals surface area (Å²) in [5.74, 6) is -0.734. The molecule has 2 aromatic carbocycles. The summed E-state index contributed by atoms with van der Waals surface area (Å²) in [5.41, 5.74) is 2.29. The topological polar surface area (TPSA) is 58.2 Å². The summed E-state index contributed by atoms with van der Waals surface area (Å²) in [5, 5.41) is 5.48. The normalized spacial score (nSPS) is 10.3. The molecule has 0 aliphatic rings. The van der Waals surface area contributed by atoms with E-state index in [9.17, 15) is 14.0 Å². The summed E-state index contributed by atoms with van der Waals surface area (Å²) < 4.78 is 14.0. The van der Waals surface area contributed by atoms with Gasteiger partial charge in [0.05, 0.1) is 12.0 Å². The zero-order valence-corrected chi connectivity index (χ0v) is 15.4. The maximum absolute atomic E-state index is 13.1. The number of carbonyl (C=O) groups is 2. The van der Waals surface area contributed by atoms with Crippen molar-refractivity contribution in [1.82, 2.24) is 10.6 Å². The average molecular weight is 440 g/mol. The molecule has 0 radical (unpaired) electrons. The molecule has 0 aliphatic heterocycles. The summed E-state index contributed by atoms with van der Waals surface area (Å²) in [4.78, 5) is 23.9. The van der Waals surface area contributed by atoms with Crippen molar-refractivity contribution in [3.63, 3.8) is 0 Å². The molecule has 0 bridgehead atoms. The van der Waals surface area contributed by atoms with Crippen LogP contribution in [0.4, 0.5) is 4.39 Å². The minimum atomic E-state index is -0.361. The van der Waals surface area contributed by atoms with Crippen LogP contribution in [0.2, 0.25) is 0 Å². The summed E-state index contributed by atoms with van der Waals surface area (Å²) in [6, 6.07) is 11.5. The van der Waals surface area contributed by atoms with Crippen LogP contribution in [0.15, 0.2) is 42.5 Å². The predicted octanol–water partition coefficient (Wildman–Crippen LogP) is 2.83. The summed E-state index contributed by atoms with van der Waals surface area (Å²) in [6.07, 6.45) is 0.113. The highest BCUT2D eigenvalue weighted by molar-refractivity contribution is 14.1. The van der Waals surface area contributed by atoms with Crippen molar-refractivity contribution >= 4 is 34.4 Å². The Labute approximate surface area is 154 Å². The van der Waals surface area contributed by atoms with Gasteiger partial charge in [0.25, 0.3) is 5.91 Å². The van der Waals surface area contributed by atoms with E-state index in [0.29, 0.717) is 24.2 Å². The van der Waals surface area contributed by atoms with E-state index in [1.165, 1.54) is 12.1 Å². The van der Waals surface area contributed by atoms with Crippen LogP contribution in [0.3, 0.4) is 0 Å². The first-order valence-corrected chi connectivity index (χ1v) is 8.59. The Morgan fingerprint density at radius 2 is 1.79 bits per heavy atom. The molecule has 0 aromatic heterocycles. The second-order valence-corrected chi connectivity index (χ2v) is 6.43. The minimum Gasteiger partial charge on any atom is -0.354 e. The quantitative estimate of drug-likeness (QED) is 0.537. The standard InChI is InChI=1S/C18H18FIN2O2/c1-12-4-2-7-15(17(12)20)18(24)22-9-8-21-16(23)11-13-5-3-6-14(19)10-13/h2-7,10H,8-9,11H2,1H3,(H,21,23)(H,22,24). The van der Waals surface area contributed by atoms with Gasteiger partial charge in [-0.05, 0) is 58.8 Å². The Balaban J connectivity index is 1.75. The Morgan fingerprint density at radius 3 is 2.54 bits per heavy atom. The minimum absolute atomic E-state index is 0.113. The first kappa shape index (κ1) is 18.4. The Morgan fingerprint density at radius 1 is 1.08 bits per heavy atom. The van der Waals surface area contributed by atoms with Crippen molar-refractivity contribution in [2.75, 3.05) is 13.1 Å². The van der Waals surface area contributed by atoms with E-state index in [2.05, 4.69) is 33.2 Å². The number of nitrogens with one attached hydrogen (secondary N) is 2. The molecule has 0 saturated heterocycles. The summed E-state index contributed by atoms with van der Waals surface area (Å²) in [7, 11) is 0. The van der Waals surface area contributed by atoms with Crippen LogP contribution in [0.25, 0.3) is 0 Å². The lowest BCUT2D eigenvalue weighted by atomic mass is 10.1. The average Bonchev–Trinajstić information content (AvgIpc) is 2.54. The van der Waals surface area contributed by atoms with Gasteiger partial charge in [-0.2, -0.15) is 0 Å². The first-order chi connectivity index (χ1) is 11.5. The SMILES string of the molecule is Cc1cccc(C(=O)NCCNC(=O)Cc2cccc(F)c2)c1I. The highest BCUT2D eigenvalue weighted by Crippen LogP contribution is 2.16. The largest absolute Gasteiger partial charge is 0.354 e. The number of benzene rings is 2. The van der Waals surface area contributed by atoms with Crippen LogP contribution in [0, 0.1) is 16.3 Å². The second-order valence-electron chi connectivity index (χ2n) is 5.35. The molecular formula is C18H18FIN2O2. The molecule has 0 aliphatic carbocycles. The first-order valence-electron chi connectivity index (χ1n) is 7.52. The smallest absolute Gasteiger partial charge is 0.252 e. The van der Waals surface area contributed by atoms with E-state index >= 15 is 0 Å². The molecule has 0 unspecified atom stereocenters. The third-order valence-corrected chi connectivity index (χ3v) is 4.85. The van der Waals surface area contributed by atoms with Gasteiger partial charge in [-0.1, -0.05) is 24.3 Å². The number of amides is 2. The van der Waals surface area contributed by atoms with Crippen molar-refractivity contribution < 1.29 is 14.0 Å². The molecule has 0 saturated carbocycles. The molecule has 6 heteroatoms. The van der Waals surface area contributed by atoms with Gasteiger partial charge in [-0.25, -0.2) is 4.39 Å². The zero-order chi connectivity index (χ0) is 17.5. The Kier molecular flexibility index (Phi) is 6.72. The van der Waals surface area contributed by atoms with Crippen LogP contribution in [-0.2, 0) is 11.2 Å². The molecule has 126 valence electrons. The lowest BCUT2D eigenvalue weighted by molar-refractivity contribution is -0.120. The highest BCUT2D eigenvalue weighted by atomic mass is 127. The fourth-order valence-corrected chi connectivity index (χ4v) is 2.80. The van der Waals surface area contributed by atoms with Gasteiger partial charge >= 0.3 is 0 Å². The molecule has 2 rings (SSSR count). The van der Waals surface area contributed by atoms with Crippen LogP contribution in [0.5, 0.6) is 0 Å². The number of halogens is 2. The Hall–Kier alpha value is -1.96. The second kappa shape index (κ2) is 8.77. The van der Waals surface area contributed by atoms with Crippen molar-refractivity contribution in [3.05, 3.63) is 68.5 Å². The van der Waals surface area contributed by atoms with Gasteiger partial charge in [-0.3, -0.25) is 9.59 Å². The van der Waals surface area contributed by atoms with E-state index < -0.39 is 0 Å². The molecule has 2 aromatic rings. The van der Waals surface area contributed by atoms with Gasteiger partial charge in [-0.15, -0.1) is 0 Å². The number of rotatable bonds is 6. The third kappa shape index (κ3) is 5.30. The van der Waals surface area contributed by atoms with E-state index in [-0.39, 0.29) is 24.1 Å². The Bertz CT molecular complexity index is 750. The predicted molar refractivity (Wildman–Crippen MR) is 99.3 cm³/mol. The molecule has 2 N–H and O–H groups in total. The van der Waals surface area contributed by atoms with Gasteiger partial charge in [0.1, 0.15) is 5.82 Å². The lowest BCUT2D eigenvalue weighted by Gasteiger charge is -2.09. The van der Waals surface area contributed by atoms with Crippen LogP contribution in [-0.4, -0.2) is 24.9 Å². The van der Waals surface area contributed by atoms with Gasteiger partial charge < -0.3 is 10.6 Å². The van der Waals surface area contributed by atoms with E-state index in [1.54, 1.807) is 18.2 Å². The summed E-state index contributed by atoms with van der Waals surface area (Å²) in [6.45, 7) is 2.60. The summed E-state index contributed by atoms with van der Waals surface area (Å²) >= 11 is 2.15. The van der Waals surface area contributed by atoms with Gasteiger partial charge in [0.2, 0.25) is 5.91 Å². The maximum atomic E-state index is 13.1. The monoisotopic (exact) mass is 440 g/mol. The van der Waals surface area contributed by atoms with Crippen LogP contribution < -0.4 is 10.6 Å². The van der Waals surface area contributed by atoms with Crippen LogP contribution in [0.1, 0.15) is 21.5 Å². The zero-order valence-electron chi connectivity index (χ0n) is 13.2. The van der Waals surface area contributed by atoms with Crippen molar-refractivity contribution in [2.24, 2.45) is 0 Å². The molecule has 0 atom stereocenters. The van der Waals surface area contributed by atoms with E-state index in [1.807, 2.05) is 19.1 Å². The number of hydrogen-bond donors (Lipinski definition) is 2. The van der Waals surface area contributed by atoms with Gasteiger partial charge in [0.15, 0.2) is 0 Å². The fraction of sp³-hybridized carbons (Fsp3) is 0.222. The van der Waals surface area contributed by atoms with Crippen molar-refractivity contribution in [3.8, 4) is 0 Å². The number of hydrogen-bond acceptors (Lipinski definition) is 2. The van der Waals surface area contributed by atoms with E-state index in [4.69, 9.17) is 0 Å². The third-order valence-electron chi connectivity index (χ3n) is 3.42. The maximum Gasteiger partial charge on any atom is 0.252 e. The molecule has 4 nitrogen and oxygen atoms in total. The molecule has 24 heavy (non-hydrogen) atoms. The lowest BCUT2D eigenvalue weighted by Crippen LogP contribution is -2.35. The molecule has 0 heterocycles. The number of carbonyl (C=O) groups excluding carboxylic acids is 2. The molecular weight excluding hydrogens is 422 g/mol. The highest BCUT2D eigenvalue weighted by Gasteiger charge is 2.10. The number of aryl methyl sites for hydroxylation is 1. The van der Waals surface area contributed by atoms with Crippen molar-refractivity contribution in [1.29, 1.82) is 0 Å². The van der Waals surface area contributed by atoms with E-state index in [0.717, 1.165) is 9.13 Å². The molecule has 2 amide bonds. The van der Waals surface area contributed by atoms with Crippen LogP contribution >= 0.6 is 22.6 Å². The molecule has 0 fully saturated rings. The van der Waals surface area contributed by atoms with Gasteiger partial charge in [0, 0.05) is 16.7 Å². The van der Waals surface area contributed by atoms with Crippen molar-refractivity contribution in [2.45, 2.75) is 13.3 Å². The molecule has 0 spiro atoms.